The van der Waals surface area contributed by atoms with Gasteiger partial charge in [-0.05, 0) is 77.7 Å². The molecule has 0 amide bonds. The molecule has 0 radical (unpaired) electrons. The molecule has 1 aromatic rings. The summed E-state index contributed by atoms with van der Waals surface area (Å²) < 4.78 is 5.92. The van der Waals surface area contributed by atoms with Gasteiger partial charge in [-0.15, -0.1) is 0 Å². The van der Waals surface area contributed by atoms with Gasteiger partial charge in [0.2, 0.25) is 0 Å². The van der Waals surface area contributed by atoms with E-state index in [1.165, 1.54) is 37.8 Å². The van der Waals surface area contributed by atoms with E-state index in [0.717, 1.165) is 24.3 Å². The molecule has 3 nitrogen and oxygen atoms in total. The van der Waals surface area contributed by atoms with Crippen LogP contribution in [0.25, 0.3) is 0 Å². The first-order valence-electron chi connectivity index (χ1n) is 7.80. The minimum atomic E-state index is 0.178. The van der Waals surface area contributed by atoms with Crippen LogP contribution in [-0.4, -0.2) is 30.7 Å². The minimum absolute atomic E-state index is 0.178. The van der Waals surface area contributed by atoms with Crippen molar-refractivity contribution in [2.24, 2.45) is 17.8 Å². The Kier molecular flexibility index (Phi) is 4.46. The van der Waals surface area contributed by atoms with Crippen LogP contribution >= 0.6 is 15.9 Å². The third-order valence-corrected chi connectivity index (χ3v) is 5.80. The summed E-state index contributed by atoms with van der Waals surface area (Å²) in [6, 6.07) is 3.91. The maximum absolute atomic E-state index is 9.87. The van der Waals surface area contributed by atoms with Gasteiger partial charge in [0.25, 0.3) is 0 Å². The van der Waals surface area contributed by atoms with E-state index in [0.29, 0.717) is 10.2 Å². The van der Waals surface area contributed by atoms with Crippen LogP contribution in [-0.2, 0) is 6.54 Å². The Bertz CT molecular complexity index is 520. The number of phenols is 1. The lowest BCUT2D eigenvalue weighted by Crippen LogP contribution is -2.28. The van der Waals surface area contributed by atoms with Crippen LogP contribution in [0.15, 0.2) is 16.6 Å². The Morgan fingerprint density at radius 1 is 1.33 bits per heavy atom. The first-order valence-corrected chi connectivity index (χ1v) is 8.60. The predicted octanol–water partition coefficient (Wildman–Crippen LogP) is 4.03. The molecule has 2 fully saturated rings. The van der Waals surface area contributed by atoms with E-state index in [-0.39, 0.29) is 5.75 Å². The van der Waals surface area contributed by atoms with E-state index >= 15 is 0 Å². The SMILES string of the molecule is COc1cc(CN(C)CC2CC3CCC2C3)cc(Br)c1O. The van der Waals surface area contributed by atoms with E-state index in [9.17, 15) is 5.11 Å². The van der Waals surface area contributed by atoms with Crippen LogP contribution in [0.4, 0.5) is 0 Å². The van der Waals surface area contributed by atoms with Crippen molar-refractivity contribution >= 4 is 15.9 Å². The molecule has 2 aliphatic carbocycles. The zero-order valence-electron chi connectivity index (χ0n) is 12.8. The number of halogens is 1. The van der Waals surface area contributed by atoms with Crippen molar-refractivity contribution in [1.29, 1.82) is 0 Å². The summed E-state index contributed by atoms with van der Waals surface area (Å²) in [5.41, 5.74) is 1.17. The molecule has 0 spiro atoms. The highest BCUT2D eigenvalue weighted by molar-refractivity contribution is 9.10. The van der Waals surface area contributed by atoms with Gasteiger partial charge in [-0.25, -0.2) is 0 Å². The third-order valence-electron chi connectivity index (χ3n) is 5.19. The van der Waals surface area contributed by atoms with Crippen LogP contribution in [0.1, 0.15) is 31.2 Å². The lowest BCUT2D eigenvalue weighted by molar-refractivity contribution is 0.214. The predicted molar refractivity (Wildman–Crippen MR) is 87.6 cm³/mol. The lowest BCUT2D eigenvalue weighted by Gasteiger charge is -2.27. The van der Waals surface area contributed by atoms with E-state index in [1.54, 1.807) is 7.11 Å². The molecule has 3 unspecified atom stereocenters. The molecule has 0 heterocycles. The Morgan fingerprint density at radius 3 is 2.76 bits per heavy atom. The summed E-state index contributed by atoms with van der Waals surface area (Å²) >= 11 is 3.39. The molecule has 2 saturated carbocycles. The second kappa shape index (κ2) is 6.17. The van der Waals surface area contributed by atoms with Crippen LogP contribution < -0.4 is 4.74 Å². The number of ether oxygens (including phenoxy) is 1. The largest absolute Gasteiger partial charge is 0.503 e. The highest BCUT2D eigenvalue weighted by atomic mass is 79.9. The van der Waals surface area contributed by atoms with Crippen molar-refractivity contribution in [1.82, 2.24) is 4.90 Å². The van der Waals surface area contributed by atoms with E-state index in [2.05, 4.69) is 27.9 Å². The fourth-order valence-corrected chi connectivity index (χ4v) is 4.74. The number of hydrogen-bond acceptors (Lipinski definition) is 3. The smallest absolute Gasteiger partial charge is 0.172 e. The fraction of sp³-hybridized carbons (Fsp3) is 0.647. The summed E-state index contributed by atoms with van der Waals surface area (Å²) in [7, 11) is 3.78. The van der Waals surface area contributed by atoms with Gasteiger partial charge in [-0.1, -0.05) is 6.42 Å². The average Bonchev–Trinajstić information content (AvgIpc) is 3.04. The first-order chi connectivity index (χ1) is 10.1. The number of hydrogen-bond donors (Lipinski definition) is 1. The Hall–Kier alpha value is -0.740. The molecule has 0 saturated heterocycles. The molecule has 21 heavy (non-hydrogen) atoms. The van der Waals surface area contributed by atoms with Crippen molar-refractivity contribution < 1.29 is 9.84 Å². The molecule has 3 rings (SSSR count). The van der Waals surface area contributed by atoms with Gasteiger partial charge >= 0.3 is 0 Å². The van der Waals surface area contributed by atoms with Gasteiger partial charge in [0.1, 0.15) is 0 Å². The number of nitrogens with zero attached hydrogens (tertiary/aromatic N) is 1. The highest BCUT2D eigenvalue weighted by Gasteiger charge is 2.39. The van der Waals surface area contributed by atoms with Gasteiger partial charge < -0.3 is 14.7 Å². The van der Waals surface area contributed by atoms with Gasteiger partial charge in [0, 0.05) is 13.1 Å². The molecular weight excluding hydrogens is 330 g/mol. The Morgan fingerprint density at radius 2 is 2.14 bits per heavy atom. The maximum atomic E-state index is 9.87. The molecule has 0 aromatic heterocycles. The van der Waals surface area contributed by atoms with Crippen molar-refractivity contribution in [2.45, 2.75) is 32.2 Å². The minimum Gasteiger partial charge on any atom is -0.503 e. The van der Waals surface area contributed by atoms with Crippen molar-refractivity contribution in [2.75, 3.05) is 20.7 Å². The summed E-state index contributed by atoms with van der Waals surface area (Å²) in [6.07, 6.45) is 5.81. The Balaban J connectivity index is 1.62. The maximum Gasteiger partial charge on any atom is 0.172 e. The fourth-order valence-electron chi connectivity index (χ4n) is 4.25. The van der Waals surface area contributed by atoms with Crippen LogP contribution in [0.2, 0.25) is 0 Å². The second-order valence-electron chi connectivity index (χ2n) is 6.76. The molecular formula is C17H24BrNO2. The van der Waals surface area contributed by atoms with Crippen molar-refractivity contribution in [3.63, 3.8) is 0 Å². The van der Waals surface area contributed by atoms with Crippen LogP contribution in [0.3, 0.4) is 0 Å². The van der Waals surface area contributed by atoms with Crippen LogP contribution in [0, 0.1) is 17.8 Å². The highest BCUT2D eigenvalue weighted by Crippen LogP contribution is 2.48. The molecule has 2 aliphatic rings. The number of phenolic OH excluding ortho intramolecular Hbond substituents is 1. The standard InChI is InChI=1S/C17H24BrNO2/c1-19(10-14-6-11-3-4-13(14)5-11)9-12-7-15(18)17(20)16(8-12)21-2/h7-8,11,13-14,20H,3-6,9-10H2,1-2H3. The van der Waals surface area contributed by atoms with Crippen LogP contribution in [0.5, 0.6) is 11.5 Å². The average molecular weight is 354 g/mol. The number of benzene rings is 1. The van der Waals surface area contributed by atoms with Gasteiger partial charge in [-0.3, -0.25) is 0 Å². The summed E-state index contributed by atoms with van der Waals surface area (Å²) in [5.74, 6) is 3.58. The van der Waals surface area contributed by atoms with Crippen molar-refractivity contribution in [3.8, 4) is 11.5 Å². The number of methoxy groups -OCH3 is 1. The topological polar surface area (TPSA) is 32.7 Å². The van der Waals surface area contributed by atoms with E-state index < -0.39 is 0 Å². The van der Waals surface area contributed by atoms with Gasteiger partial charge in [0.15, 0.2) is 11.5 Å². The first kappa shape index (κ1) is 15.2. The summed E-state index contributed by atoms with van der Waals surface area (Å²) in [6.45, 7) is 2.07. The normalized spacial score (nSPS) is 27.5. The van der Waals surface area contributed by atoms with E-state index in [4.69, 9.17) is 4.74 Å². The van der Waals surface area contributed by atoms with Crippen molar-refractivity contribution in [3.05, 3.63) is 22.2 Å². The molecule has 2 bridgehead atoms. The molecule has 3 atom stereocenters. The molecule has 1 N–H and O–H groups in total. The monoisotopic (exact) mass is 353 g/mol. The third kappa shape index (κ3) is 3.21. The van der Waals surface area contributed by atoms with E-state index in [1.807, 2.05) is 12.1 Å². The number of rotatable bonds is 5. The molecule has 0 aliphatic heterocycles. The quantitative estimate of drug-likeness (QED) is 0.867. The van der Waals surface area contributed by atoms with Gasteiger partial charge in [0.05, 0.1) is 11.6 Å². The number of aromatic hydroxyl groups is 1. The molecule has 1 aromatic carbocycles. The zero-order valence-corrected chi connectivity index (χ0v) is 14.4. The number of fused-ring (bicyclic) bond motifs is 2. The van der Waals surface area contributed by atoms with Gasteiger partial charge in [-0.2, -0.15) is 0 Å². The summed E-state index contributed by atoms with van der Waals surface area (Å²) in [5, 5.41) is 9.87. The zero-order chi connectivity index (χ0) is 15.0. The Labute approximate surface area is 135 Å². The second-order valence-corrected chi connectivity index (χ2v) is 7.61. The lowest BCUT2D eigenvalue weighted by atomic mass is 9.88. The molecule has 116 valence electrons. The molecule has 4 heteroatoms. The summed E-state index contributed by atoms with van der Waals surface area (Å²) in [4.78, 5) is 2.41.